The van der Waals surface area contributed by atoms with Gasteiger partial charge in [0.15, 0.2) is 0 Å². The van der Waals surface area contributed by atoms with Gasteiger partial charge in [-0.3, -0.25) is 4.79 Å². The number of nitrogens with zero attached hydrogens (tertiary/aromatic N) is 3. The summed E-state index contributed by atoms with van der Waals surface area (Å²) in [6.45, 7) is 4.10. The lowest BCUT2D eigenvalue weighted by molar-refractivity contribution is 0.102. The second-order valence-corrected chi connectivity index (χ2v) is 8.01. The minimum absolute atomic E-state index is 0.255. The first-order valence-electron chi connectivity index (χ1n) is 9.77. The maximum Gasteiger partial charge on any atom is 0.275 e. The van der Waals surface area contributed by atoms with Gasteiger partial charge in [-0.15, -0.1) is 11.3 Å². The van der Waals surface area contributed by atoms with Gasteiger partial charge >= 0.3 is 0 Å². The third-order valence-corrected chi connectivity index (χ3v) is 5.91. The molecule has 1 aliphatic heterocycles. The second kappa shape index (κ2) is 8.61. The number of anilines is 2. The number of benzene rings is 1. The zero-order valence-corrected chi connectivity index (χ0v) is 17.5. The number of nitrogens with one attached hydrogen (secondary N) is 1. The van der Waals surface area contributed by atoms with Crippen LogP contribution in [0.3, 0.4) is 0 Å². The van der Waals surface area contributed by atoms with Crippen LogP contribution in [0.15, 0.2) is 41.9 Å². The molecule has 0 aliphatic carbocycles. The number of amides is 1. The van der Waals surface area contributed by atoms with Crippen LogP contribution in [0, 0.1) is 6.92 Å². The maximum atomic E-state index is 12.7. The number of thiazole rings is 1. The van der Waals surface area contributed by atoms with Gasteiger partial charge in [0.05, 0.1) is 12.8 Å². The molecule has 0 saturated carbocycles. The van der Waals surface area contributed by atoms with Gasteiger partial charge in [-0.1, -0.05) is 6.07 Å². The molecule has 29 heavy (non-hydrogen) atoms. The number of aromatic nitrogens is 2. The number of piperidine rings is 1. The summed E-state index contributed by atoms with van der Waals surface area (Å²) in [5.74, 6) is 1.38. The first kappa shape index (κ1) is 19.4. The van der Waals surface area contributed by atoms with Crippen molar-refractivity contribution < 1.29 is 9.53 Å². The quantitative estimate of drug-likeness (QED) is 0.659. The number of ether oxygens (including phenoxy) is 1. The van der Waals surface area contributed by atoms with E-state index in [-0.39, 0.29) is 5.91 Å². The lowest BCUT2D eigenvalue weighted by atomic mass is 10.1. The molecule has 1 aromatic carbocycles. The Balaban J connectivity index is 1.48. The van der Waals surface area contributed by atoms with Gasteiger partial charge < -0.3 is 15.0 Å². The van der Waals surface area contributed by atoms with E-state index in [2.05, 4.69) is 20.2 Å². The number of hydrogen-bond acceptors (Lipinski definition) is 6. The Morgan fingerprint density at radius 3 is 2.72 bits per heavy atom. The molecule has 0 unspecified atom stereocenters. The molecule has 0 bridgehead atoms. The van der Waals surface area contributed by atoms with E-state index < -0.39 is 0 Å². The van der Waals surface area contributed by atoms with E-state index in [1.807, 2.05) is 43.5 Å². The van der Waals surface area contributed by atoms with Crippen molar-refractivity contribution in [2.75, 3.05) is 30.4 Å². The molecule has 1 saturated heterocycles. The molecule has 1 fully saturated rings. The van der Waals surface area contributed by atoms with Crippen LogP contribution in [0.25, 0.3) is 10.6 Å². The summed E-state index contributed by atoms with van der Waals surface area (Å²) in [6, 6.07) is 9.73. The van der Waals surface area contributed by atoms with Crippen molar-refractivity contribution >= 4 is 28.7 Å². The van der Waals surface area contributed by atoms with E-state index in [0.29, 0.717) is 17.1 Å². The highest BCUT2D eigenvalue weighted by Gasteiger charge is 2.16. The molecule has 3 heterocycles. The Morgan fingerprint density at radius 2 is 2.00 bits per heavy atom. The number of methoxy groups -OCH3 is 1. The summed E-state index contributed by atoms with van der Waals surface area (Å²) in [5, 5.41) is 5.44. The van der Waals surface area contributed by atoms with Crippen LogP contribution < -0.4 is 15.0 Å². The van der Waals surface area contributed by atoms with Crippen LogP contribution in [-0.4, -0.2) is 36.1 Å². The van der Waals surface area contributed by atoms with Crippen molar-refractivity contribution in [3.05, 3.63) is 53.2 Å². The van der Waals surface area contributed by atoms with E-state index in [1.165, 1.54) is 30.6 Å². The Kier molecular flexibility index (Phi) is 5.76. The summed E-state index contributed by atoms with van der Waals surface area (Å²) in [7, 11) is 1.59. The van der Waals surface area contributed by atoms with Gasteiger partial charge in [0.25, 0.3) is 5.91 Å². The fourth-order valence-corrected chi connectivity index (χ4v) is 4.23. The van der Waals surface area contributed by atoms with E-state index in [4.69, 9.17) is 4.74 Å². The average molecular weight is 409 g/mol. The largest absolute Gasteiger partial charge is 0.495 e. The van der Waals surface area contributed by atoms with Gasteiger partial charge in [-0.05, 0) is 56.0 Å². The molecule has 4 rings (SSSR count). The van der Waals surface area contributed by atoms with Crippen molar-refractivity contribution in [1.82, 2.24) is 9.97 Å². The predicted molar refractivity (Wildman–Crippen MR) is 117 cm³/mol. The average Bonchev–Trinajstić information content (AvgIpc) is 3.25. The van der Waals surface area contributed by atoms with Crippen LogP contribution in [0.4, 0.5) is 11.5 Å². The molecule has 0 atom stereocenters. The molecular weight excluding hydrogens is 384 g/mol. The number of rotatable bonds is 5. The lowest BCUT2D eigenvalue weighted by Gasteiger charge is -2.27. The first-order chi connectivity index (χ1) is 14.1. The highest BCUT2D eigenvalue weighted by Crippen LogP contribution is 2.28. The highest BCUT2D eigenvalue weighted by molar-refractivity contribution is 7.13. The van der Waals surface area contributed by atoms with Crippen molar-refractivity contribution in [3.8, 4) is 16.3 Å². The van der Waals surface area contributed by atoms with Gasteiger partial charge in [-0.2, -0.15) is 0 Å². The number of aryl methyl sites for hydroxylation is 1. The first-order valence-corrected chi connectivity index (χ1v) is 10.6. The van der Waals surface area contributed by atoms with Crippen molar-refractivity contribution in [2.45, 2.75) is 26.2 Å². The summed E-state index contributed by atoms with van der Waals surface area (Å²) in [6.07, 6.45) is 5.58. The Hall–Kier alpha value is -2.93. The Bertz CT molecular complexity index is 994. The molecule has 0 radical (unpaired) electrons. The van der Waals surface area contributed by atoms with E-state index in [1.54, 1.807) is 12.5 Å². The van der Waals surface area contributed by atoms with E-state index in [0.717, 1.165) is 35.0 Å². The Labute approximate surface area is 174 Å². The SMILES string of the molecule is COc1ccc(C)cc1NC(=O)c1csc(-c2ccc(N3CCCCC3)nc2)n1. The topological polar surface area (TPSA) is 67.3 Å². The molecule has 3 aromatic rings. The molecule has 7 heteroatoms. The lowest BCUT2D eigenvalue weighted by Crippen LogP contribution is -2.29. The van der Waals surface area contributed by atoms with Gasteiger partial charge in [0, 0.05) is 30.2 Å². The van der Waals surface area contributed by atoms with Crippen LogP contribution in [0.2, 0.25) is 0 Å². The summed E-state index contributed by atoms with van der Waals surface area (Å²) < 4.78 is 5.33. The molecular formula is C22H24N4O2S. The van der Waals surface area contributed by atoms with Crippen LogP contribution in [0.5, 0.6) is 5.75 Å². The van der Waals surface area contributed by atoms with E-state index >= 15 is 0 Å². The molecule has 150 valence electrons. The van der Waals surface area contributed by atoms with Crippen molar-refractivity contribution in [2.24, 2.45) is 0 Å². The number of carbonyl (C=O) groups is 1. The van der Waals surface area contributed by atoms with Crippen molar-refractivity contribution in [1.29, 1.82) is 0 Å². The Morgan fingerprint density at radius 1 is 1.17 bits per heavy atom. The summed E-state index contributed by atoms with van der Waals surface area (Å²) >= 11 is 1.44. The molecule has 1 amide bonds. The fraction of sp³-hybridized carbons (Fsp3) is 0.318. The molecule has 1 N–H and O–H groups in total. The summed E-state index contributed by atoms with van der Waals surface area (Å²) in [4.78, 5) is 24.1. The van der Waals surface area contributed by atoms with Gasteiger partial charge in [-0.25, -0.2) is 9.97 Å². The van der Waals surface area contributed by atoms with Crippen molar-refractivity contribution in [3.63, 3.8) is 0 Å². The third-order valence-electron chi connectivity index (χ3n) is 5.01. The molecule has 0 spiro atoms. The highest BCUT2D eigenvalue weighted by atomic mass is 32.1. The fourth-order valence-electron chi connectivity index (χ4n) is 3.44. The third kappa shape index (κ3) is 4.40. The molecule has 2 aromatic heterocycles. The predicted octanol–water partition coefficient (Wildman–Crippen LogP) is 4.76. The zero-order chi connectivity index (χ0) is 20.2. The smallest absolute Gasteiger partial charge is 0.275 e. The van der Waals surface area contributed by atoms with Crippen LogP contribution >= 0.6 is 11.3 Å². The minimum Gasteiger partial charge on any atom is -0.495 e. The minimum atomic E-state index is -0.255. The molecule has 6 nitrogen and oxygen atoms in total. The van der Waals surface area contributed by atoms with E-state index in [9.17, 15) is 4.79 Å². The number of pyridine rings is 1. The van der Waals surface area contributed by atoms with Gasteiger partial charge in [0.2, 0.25) is 0 Å². The zero-order valence-electron chi connectivity index (χ0n) is 16.6. The monoisotopic (exact) mass is 408 g/mol. The van der Waals surface area contributed by atoms with Gasteiger partial charge in [0.1, 0.15) is 22.3 Å². The number of hydrogen-bond donors (Lipinski definition) is 1. The maximum absolute atomic E-state index is 12.7. The molecule has 1 aliphatic rings. The summed E-state index contributed by atoms with van der Waals surface area (Å²) in [5.41, 5.74) is 2.98. The normalized spacial score (nSPS) is 13.9. The van der Waals surface area contributed by atoms with Crippen LogP contribution in [0.1, 0.15) is 35.3 Å². The van der Waals surface area contributed by atoms with Crippen LogP contribution in [-0.2, 0) is 0 Å². The standard InChI is InChI=1S/C22H24N4O2S/c1-15-6-8-19(28-2)17(12-15)24-21(27)18-14-29-22(25-18)16-7-9-20(23-13-16)26-10-4-3-5-11-26/h6-9,12-14H,3-5,10-11H2,1-2H3,(H,24,27). The second-order valence-electron chi connectivity index (χ2n) is 7.15. The number of carbonyl (C=O) groups excluding carboxylic acids is 1.